The van der Waals surface area contributed by atoms with Gasteiger partial charge in [-0.25, -0.2) is 9.78 Å². The number of nitrogens with two attached hydrogens (primary N) is 1. The number of carbonyl (C=O) groups excluding carboxylic acids is 1. The maximum Gasteiger partial charge on any atom is 0.321 e. The van der Waals surface area contributed by atoms with Crippen molar-refractivity contribution in [2.45, 2.75) is 6.92 Å². The molecule has 2 aromatic rings. The number of para-hydroxylation sites is 1. The van der Waals surface area contributed by atoms with Crippen LogP contribution in [-0.2, 0) is 0 Å². The molecule has 2 rings (SSSR count). The lowest BCUT2D eigenvalue weighted by Gasteiger charge is -2.13. The smallest absolute Gasteiger partial charge is 0.321 e. The second-order valence-electron chi connectivity index (χ2n) is 3.05. The Morgan fingerprint density at radius 3 is 2.75 bits per heavy atom. The average Bonchev–Trinajstić information content (AvgIpc) is 2.61. The van der Waals surface area contributed by atoms with Crippen LogP contribution in [0.2, 0.25) is 0 Å². The van der Waals surface area contributed by atoms with Crippen molar-refractivity contribution < 1.29 is 4.79 Å². The Morgan fingerprint density at radius 2 is 2.19 bits per heavy atom. The molecule has 2 N–H and O–H groups in total. The van der Waals surface area contributed by atoms with Gasteiger partial charge in [0.2, 0.25) is 0 Å². The fourth-order valence-corrected chi connectivity index (χ4v) is 2.40. The molecule has 1 aromatic carbocycles. The van der Waals surface area contributed by atoms with Crippen molar-refractivity contribution >= 4 is 45.1 Å². The monoisotopic (exact) mass is 257 g/mol. The van der Waals surface area contributed by atoms with E-state index in [1.807, 2.05) is 31.2 Å². The molecule has 0 fully saturated rings. The highest BCUT2D eigenvalue weighted by atomic mass is 35.5. The molecule has 6 heteroatoms. The van der Waals surface area contributed by atoms with Crippen molar-refractivity contribution in [3.63, 3.8) is 0 Å². The van der Waals surface area contributed by atoms with Crippen molar-refractivity contribution in [3.8, 4) is 0 Å². The zero-order valence-electron chi connectivity index (χ0n) is 8.71. The number of thiazole rings is 1. The number of anilines is 1. The number of urea groups is 1. The Labute approximate surface area is 103 Å². The van der Waals surface area contributed by atoms with E-state index in [0.717, 1.165) is 10.2 Å². The van der Waals surface area contributed by atoms with E-state index in [0.29, 0.717) is 11.7 Å². The summed E-state index contributed by atoms with van der Waals surface area (Å²) in [6.45, 7) is 2.41. The molecular weight excluding hydrogens is 246 g/mol. The summed E-state index contributed by atoms with van der Waals surface area (Å²) in [5.74, 6) is 0. The molecular formula is C10H12ClN3OS. The third kappa shape index (κ3) is 2.25. The summed E-state index contributed by atoms with van der Waals surface area (Å²) < 4.78 is 1.06. The van der Waals surface area contributed by atoms with Gasteiger partial charge in [0.05, 0.1) is 10.2 Å². The van der Waals surface area contributed by atoms with Crippen LogP contribution in [0, 0.1) is 0 Å². The first kappa shape index (κ1) is 12.7. The number of fused-ring (bicyclic) bond motifs is 1. The van der Waals surface area contributed by atoms with E-state index < -0.39 is 6.03 Å². The molecule has 2 amide bonds. The SMILES string of the molecule is CCN(C(N)=O)c1nc2ccccc2s1.Cl. The van der Waals surface area contributed by atoms with Crippen LogP contribution in [0.4, 0.5) is 9.93 Å². The number of rotatable bonds is 2. The maximum absolute atomic E-state index is 11.1. The summed E-state index contributed by atoms with van der Waals surface area (Å²) in [6.07, 6.45) is 0. The van der Waals surface area contributed by atoms with E-state index in [9.17, 15) is 4.79 Å². The normalized spacial score (nSPS) is 9.81. The Bertz CT molecular complexity index is 467. The molecule has 16 heavy (non-hydrogen) atoms. The van der Waals surface area contributed by atoms with Crippen LogP contribution in [0.15, 0.2) is 24.3 Å². The van der Waals surface area contributed by atoms with Crippen LogP contribution in [0.1, 0.15) is 6.92 Å². The molecule has 0 spiro atoms. The van der Waals surface area contributed by atoms with Crippen molar-refractivity contribution in [1.29, 1.82) is 0 Å². The third-order valence-electron chi connectivity index (χ3n) is 2.10. The van der Waals surface area contributed by atoms with Crippen LogP contribution < -0.4 is 10.6 Å². The molecule has 1 aromatic heterocycles. The van der Waals surface area contributed by atoms with Crippen LogP contribution in [0.25, 0.3) is 10.2 Å². The Hall–Kier alpha value is -1.33. The second-order valence-corrected chi connectivity index (χ2v) is 4.06. The predicted molar refractivity (Wildman–Crippen MR) is 69.5 cm³/mol. The van der Waals surface area contributed by atoms with Gasteiger partial charge >= 0.3 is 6.03 Å². The molecule has 86 valence electrons. The number of amides is 2. The fraction of sp³-hybridized carbons (Fsp3) is 0.200. The molecule has 0 aliphatic rings. The largest absolute Gasteiger partial charge is 0.351 e. The molecule has 0 atom stereocenters. The van der Waals surface area contributed by atoms with Gasteiger partial charge in [-0.05, 0) is 19.1 Å². The molecule has 0 bridgehead atoms. The van der Waals surface area contributed by atoms with Crippen molar-refractivity contribution in [1.82, 2.24) is 4.98 Å². The molecule has 0 radical (unpaired) electrons. The first-order valence-electron chi connectivity index (χ1n) is 4.65. The van der Waals surface area contributed by atoms with Gasteiger partial charge in [-0.3, -0.25) is 4.90 Å². The number of hydrogen-bond donors (Lipinski definition) is 1. The molecule has 1 heterocycles. The highest BCUT2D eigenvalue weighted by Gasteiger charge is 2.14. The van der Waals surface area contributed by atoms with Gasteiger partial charge < -0.3 is 5.73 Å². The summed E-state index contributed by atoms with van der Waals surface area (Å²) in [5, 5.41) is 0.659. The van der Waals surface area contributed by atoms with E-state index in [1.165, 1.54) is 16.2 Å². The van der Waals surface area contributed by atoms with Gasteiger partial charge in [-0.15, -0.1) is 12.4 Å². The van der Waals surface area contributed by atoms with Crippen molar-refractivity contribution in [2.24, 2.45) is 5.73 Å². The summed E-state index contributed by atoms with van der Waals surface area (Å²) in [6, 6.07) is 7.31. The van der Waals surface area contributed by atoms with Gasteiger partial charge in [-0.1, -0.05) is 23.5 Å². The Balaban J connectivity index is 0.00000128. The van der Waals surface area contributed by atoms with Gasteiger partial charge in [0.25, 0.3) is 0 Å². The molecule has 4 nitrogen and oxygen atoms in total. The first-order chi connectivity index (χ1) is 7.22. The van der Waals surface area contributed by atoms with E-state index >= 15 is 0 Å². The summed E-state index contributed by atoms with van der Waals surface area (Å²) in [5.41, 5.74) is 6.15. The zero-order valence-corrected chi connectivity index (χ0v) is 10.3. The minimum absolute atomic E-state index is 0. The lowest BCUT2D eigenvalue weighted by Crippen LogP contribution is -2.35. The van der Waals surface area contributed by atoms with Crippen LogP contribution in [0.5, 0.6) is 0 Å². The highest BCUT2D eigenvalue weighted by molar-refractivity contribution is 7.22. The van der Waals surface area contributed by atoms with E-state index in [-0.39, 0.29) is 12.4 Å². The van der Waals surface area contributed by atoms with E-state index in [2.05, 4.69) is 4.98 Å². The van der Waals surface area contributed by atoms with E-state index in [4.69, 9.17) is 5.73 Å². The van der Waals surface area contributed by atoms with Crippen LogP contribution >= 0.6 is 23.7 Å². The van der Waals surface area contributed by atoms with E-state index in [1.54, 1.807) is 0 Å². The van der Waals surface area contributed by atoms with Crippen molar-refractivity contribution in [3.05, 3.63) is 24.3 Å². The van der Waals surface area contributed by atoms with Crippen molar-refractivity contribution in [2.75, 3.05) is 11.4 Å². The van der Waals surface area contributed by atoms with Gasteiger partial charge in [-0.2, -0.15) is 0 Å². The van der Waals surface area contributed by atoms with Gasteiger partial charge in [0.1, 0.15) is 0 Å². The standard InChI is InChI=1S/C10H11N3OS.ClH/c1-2-13(9(11)14)10-12-7-5-3-4-6-8(7)15-10;/h3-6H,2H2,1H3,(H2,11,14);1H. The van der Waals surface area contributed by atoms with Crippen LogP contribution in [-0.4, -0.2) is 17.6 Å². The lowest BCUT2D eigenvalue weighted by molar-refractivity contribution is 0.254. The Kier molecular flexibility index (Phi) is 4.09. The number of benzene rings is 1. The van der Waals surface area contributed by atoms with Crippen LogP contribution in [0.3, 0.4) is 0 Å². The molecule has 0 unspecified atom stereocenters. The predicted octanol–water partition coefficient (Wildman–Crippen LogP) is 2.62. The lowest BCUT2D eigenvalue weighted by atomic mass is 10.3. The first-order valence-corrected chi connectivity index (χ1v) is 5.46. The molecule has 0 aliphatic carbocycles. The summed E-state index contributed by atoms with van der Waals surface area (Å²) in [4.78, 5) is 16.9. The molecule has 0 saturated carbocycles. The maximum atomic E-state index is 11.1. The van der Waals surface area contributed by atoms with Gasteiger partial charge in [0.15, 0.2) is 5.13 Å². The number of hydrogen-bond acceptors (Lipinski definition) is 3. The minimum atomic E-state index is -0.462. The number of primary amides is 1. The number of halogens is 1. The number of nitrogens with zero attached hydrogens (tertiary/aromatic N) is 2. The highest BCUT2D eigenvalue weighted by Crippen LogP contribution is 2.28. The summed E-state index contributed by atoms with van der Waals surface area (Å²) >= 11 is 1.47. The number of aromatic nitrogens is 1. The zero-order chi connectivity index (χ0) is 10.8. The topological polar surface area (TPSA) is 59.2 Å². The van der Waals surface area contributed by atoms with Gasteiger partial charge in [0, 0.05) is 6.54 Å². The second kappa shape index (κ2) is 5.14. The Morgan fingerprint density at radius 1 is 1.50 bits per heavy atom. The minimum Gasteiger partial charge on any atom is -0.351 e. The number of carbonyl (C=O) groups is 1. The molecule has 0 saturated heterocycles. The summed E-state index contributed by atoms with van der Waals surface area (Å²) in [7, 11) is 0. The average molecular weight is 258 g/mol. The quantitative estimate of drug-likeness (QED) is 0.899. The fourth-order valence-electron chi connectivity index (χ4n) is 1.36. The molecule has 0 aliphatic heterocycles. The third-order valence-corrected chi connectivity index (χ3v) is 3.16.